The molecule has 0 bridgehead atoms. The van der Waals surface area contributed by atoms with E-state index in [0.717, 1.165) is 0 Å². The SMILES string of the molecule is Nc1cnc(NC2CCSCC2)nc1. The van der Waals surface area contributed by atoms with E-state index in [4.69, 9.17) is 5.73 Å². The second-order valence-electron chi connectivity index (χ2n) is 3.37. The quantitative estimate of drug-likeness (QED) is 0.771. The van der Waals surface area contributed by atoms with Crippen molar-refractivity contribution in [1.29, 1.82) is 0 Å². The van der Waals surface area contributed by atoms with Crippen molar-refractivity contribution in [3.05, 3.63) is 12.4 Å². The number of nitrogen functional groups attached to an aromatic ring is 1. The number of aromatic nitrogens is 2. The maximum Gasteiger partial charge on any atom is 0.222 e. The standard InChI is InChI=1S/C9H14N4S/c10-7-5-11-9(12-6-7)13-8-1-3-14-4-2-8/h5-6,8H,1-4,10H2,(H,11,12,13). The summed E-state index contributed by atoms with van der Waals surface area (Å²) in [4.78, 5) is 8.24. The van der Waals surface area contributed by atoms with Gasteiger partial charge in [0.2, 0.25) is 5.95 Å². The van der Waals surface area contributed by atoms with E-state index in [-0.39, 0.29) is 0 Å². The average Bonchev–Trinajstić information content (AvgIpc) is 2.23. The fourth-order valence-corrected chi connectivity index (χ4v) is 2.54. The van der Waals surface area contributed by atoms with Gasteiger partial charge in [-0.05, 0) is 24.3 Å². The first-order chi connectivity index (χ1) is 6.84. The Morgan fingerprint density at radius 3 is 2.57 bits per heavy atom. The zero-order chi connectivity index (χ0) is 9.80. The molecule has 1 aromatic heterocycles. The second kappa shape index (κ2) is 4.50. The molecule has 0 radical (unpaired) electrons. The van der Waals surface area contributed by atoms with Gasteiger partial charge >= 0.3 is 0 Å². The number of nitrogens with one attached hydrogen (secondary N) is 1. The summed E-state index contributed by atoms with van der Waals surface area (Å²) in [7, 11) is 0. The summed E-state index contributed by atoms with van der Waals surface area (Å²) in [6, 6.07) is 0.528. The molecule has 3 N–H and O–H groups in total. The van der Waals surface area contributed by atoms with E-state index in [9.17, 15) is 0 Å². The third-order valence-electron chi connectivity index (χ3n) is 2.23. The summed E-state index contributed by atoms with van der Waals surface area (Å²) in [6.07, 6.45) is 5.65. The Morgan fingerprint density at radius 2 is 1.93 bits per heavy atom. The zero-order valence-electron chi connectivity index (χ0n) is 7.94. The largest absolute Gasteiger partial charge is 0.396 e. The topological polar surface area (TPSA) is 63.8 Å². The minimum atomic E-state index is 0.528. The zero-order valence-corrected chi connectivity index (χ0v) is 8.76. The van der Waals surface area contributed by atoms with E-state index in [1.807, 2.05) is 11.8 Å². The minimum absolute atomic E-state index is 0.528. The third kappa shape index (κ3) is 2.51. The molecule has 1 aliphatic rings. The van der Waals surface area contributed by atoms with Crippen molar-refractivity contribution in [1.82, 2.24) is 9.97 Å². The van der Waals surface area contributed by atoms with Crippen LogP contribution in [0.25, 0.3) is 0 Å². The molecular formula is C9H14N4S. The van der Waals surface area contributed by atoms with Crippen LogP contribution in [0, 0.1) is 0 Å². The molecule has 0 saturated carbocycles. The van der Waals surface area contributed by atoms with Crippen LogP contribution in [0.3, 0.4) is 0 Å². The molecule has 0 atom stereocenters. The van der Waals surface area contributed by atoms with Crippen LogP contribution in [0.15, 0.2) is 12.4 Å². The van der Waals surface area contributed by atoms with Crippen molar-refractivity contribution < 1.29 is 0 Å². The van der Waals surface area contributed by atoms with Crippen LogP contribution in [0.5, 0.6) is 0 Å². The highest BCUT2D eigenvalue weighted by Gasteiger charge is 2.13. The van der Waals surface area contributed by atoms with Gasteiger partial charge in [-0.15, -0.1) is 0 Å². The number of rotatable bonds is 2. The van der Waals surface area contributed by atoms with Gasteiger partial charge in [-0.1, -0.05) is 0 Å². The van der Waals surface area contributed by atoms with Gasteiger partial charge in [0.05, 0.1) is 18.1 Å². The van der Waals surface area contributed by atoms with E-state index in [2.05, 4.69) is 15.3 Å². The average molecular weight is 210 g/mol. The van der Waals surface area contributed by atoms with Gasteiger partial charge in [-0.25, -0.2) is 9.97 Å². The Morgan fingerprint density at radius 1 is 1.29 bits per heavy atom. The fraction of sp³-hybridized carbons (Fsp3) is 0.556. The molecule has 0 aliphatic carbocycles. The fourth-order valence-electron chi connectivity index (χ4n) is 1.44. The monoisotopic (exact) mass is 210 g/mol. The van der Waals surface area contributed by atoms with Gasteiger partial charge in [0.25, 0.3) is 0 Å². The van der Waals surface area contributed by atoms with Gasteiger partial charge in [-0.2, -0.15) is 11.8 Å². The Labute approximate surface area is 87.7 Å². The Kier molecular flexibility index (Phi) is 3.08. The van der Waals surface area contributed by atoms with Crippen molar-refractivity contribution >= 4 is 23.4 Å². The first-order valence-corrected chi connectivity index (χ1v) is 5.92. The highest BCUT2D eigenvalue weighted by atomic mass is 32.2. The molecule has 1 saturated heterocycles. The number of anilines is 2. The van der Waals surface area contributed by atoms with Crippen LogP contribution in [0.4, 0.5) is 11.6 Å². The lowest BCUT2D eigenvalue weighted by atomic mass is 10.2. The van der Waals surface area contributed by atoms with Crippen LogP contribution >= 0.6 is 11.8 Å². The molecule has 1 aromatic rings. The molecular weight excluding hydrogens is 196 g/mol. The molecule has 1 aliphatic heterocycles. The van der Waals surface area contributed by atoms with E-state index in [0.29, 0.717) is 17.7 Å². The lowest BCUT2D eigenvalue weighted by molar-refractivity contribution is 0.660. The highest BCUT2D eigenvalue weighted by Crippen LogP contribution is 2.19. The van der Waals surface area contributed by atoms with Crippen molar-refractivity contribution in [3.63, 3.8) is 0 Å². The van der Waals surface area contributed by atoms with Crippen LogP contribution in [0.1, 0.15) is 12.8 Å². The van der Waals surface area contributed by atoms with Gasteiger partial charge in [0.15, 0.2) is 0 Å². The van der Waals surface area contributed by atoms with Gasteiger partial charge < -0.3 is 11.1 Å². The summed E-state index contributed by atoms with van der Waals surface area (Å²) in [5.41, 5.74) is 6.11. The van der Waals surface area contributed by atoms with Crippen molar-refractivity contribution in [3.8, 4) is 0 Å². The smallest absolute Gasteiger partial charge is 0.222 e. The predicted molar refractivity (Wildman–Crippen MR) is 60.4 cm³/mol. The Bertz CT molecular complexity index is 281. The first kappa shape index (κ1) is 9.58. The summed E-state index contributed by atoms with van der Waals surface area (Å²) in [5.74, 6) is 3.15. The lowest BCUT2D eigenvalue weighted by Crippen LogP contribution is -2.25. The summed E-state index contributed by atoms with van der Waals surface area (Å²) >= 11 is 2.01. The van der Waals surface area contributed by atoms with Crippen molar-refractivity contribution in [2.75, 3.05) is 22.6 Å². The molecule has 2 rings (SSSR count). The van der Waals surface area contributed by atoms with E-state index < -0.39 is 0 Å². The molecule has 1 fully saturated rings. The number of thioether (sulfide) groups is 1. The third-order valence-corrected chi connectivity index (χ3v) is 3.28. The van der Waals surface area contributed by atoms with Crippen LogP contribution in [0.2, 0.25) is 0 Å². The normalized spacial score (nSPS) is 18.0. The summed E-state index contributed by atoms with van der Waals surface area (Å²) < 4.78 is 0. The molecule has 4 nitrogen and oxygen atoms in total. The Balaban J connectivity index is 1.92. The second-order valence-corrected chi connectivity index (χ2v) is 4.60. The number of nitrogens with zero attached hydrogens (tertiary/aromatic N) is 2. The molecule has 0 spiro atoms. The van der Waals surface area contributed by atoms with Gasteiger partial charge in [0, 0.05) is 6.04 Å². The summed E-state index contributed by atoms with van der Waals surface area (Å²) in [5, 5.41) is 3.32. The number of hydrogen-bond donors (Lipinski definition) is 2. The highest BCUT2D eigenvalue weighted by molar-refractivity contribution is 7.99. The van der Waals surface area contributed by atoms with E-state index >= 15 is 0 Å². The lowest BCUT2D eigenvalue weighted by Gasteiger charge is -2.22. The van der Waals surface area contributed by atoms with Crippen LogP contribution < -0.4 is 11.1 Å². The number of nitrogens with two attached hydrogens (primary N) is 1. The van der Waals surface area contributed by atoms with Crippen molar-refractivity contribution in [2.24, 2.45) is 0 Å². The minimum Gasteiger partial charge on any atom is -0.396 e. The molecule has 5 heteroatoms. The van der Waals surface area contributed by atoms with E-state index in [1.54, 1.807) is 12.4 Å². The molecule has 0 aromatic carbocycles. The molecule has 14 heavy (non-hydrogen) atoms. The molecule has 2 heterocycles. The van der Waals surface area contributed by atoms with Crippen molar-refractivity contribution in [2.45, 2.75) is 18.9 Å². The molecule has 76 valence electrons. The van der Waals surface area contributed by atoms with Gasteiger partial charge in [-0.3, -0.25) is 0 Å². The number of hydrogen-bond acceptors (Lipinski definition) is 5. The predicted octanol–water partition coefficient (Wildman–Crippen LogP) is 1.37. The molecule has 0 unspecified atom stereocenters. The molecule has 0 amide bonds. The summed E-state index contributed by atoms with van der Waals surface area (Å²) in [6.45, 7) is 0. The first-order valence-electron chi connectivity index (χ1n) is 4.76. The van der Waals surface area contributed by atoms with Crippen LogP contribution in [-0.4, -0.2) is 27.5 Å². The van der Waals surface area contributed by atoms with Gasteiger partial charge in [0.1, 0.15) is 0 Å². The Hall–Kier alpha value is -0.970. The van der Waals surface area contributed by atoms with E-state index in [1.165, 1.54) is 24.3 Å². The van der Waals surface area contributed by atoms with Crippen LogP contribution in [-0.2, 0) is 0 Å². The maximum absolute atomic E-state index is 5.50. The maximum atomic E-state index is 5.50.